The molecule has 1 unspecified atom stereocenters. The maximum absolute atomic E-state index is 12.8. The summed E-state index contributed by atoms with van der Waals surface area (Å²) >= 11 is 1.54. The number of methoxy groups -OCH3 is 1. The lowest BCUT2D eigenvalue weighted by atomic mass is 9.94. The summed E-state index contributed by atoms with van der Waals surface area (Å²) in [6.07, 6.45) is 0.372. The van der Waals surface area contributed by atoms with Gasteiger partial charge in [0.05, 0.1) is 21.4 Å². The molecule has 1 fully saturated rings. The van der Waals surface area contributed by atoms with Crippen molar-refractivity contribution in [2.45, 2.75) is 32.0 Å². The second-order valence-corrected chi connectivity index (χ2v) is 9.45. The lowest BCUT2D eigenvalue weighted by Crippen LogP contribution is -2.37. The number of carbonyl (C=O) groups excluding carboxylic acids is 2. The number of carbonyl (C=O) groups is 2. The smallest absolute Gasteiger partial charge is 0.263 e. The highest BCUT2D eigenvalue weighted by molar-refractivity contribution is 7.17. The maximum Gasteiger partial charge on any atom is 0.263 e. The largest absolute Gasteiger partial charge is 0.489 e. The van der Waals surface area contributed by atoms with Crippen molar-refractivity contribution in [2.24, 2.45) is 5.92 Å². The summed E-state index contributed by atoms with van der Waals surface area (Å²) in [5.74, 6) is 0.890. The van der Waals surface area contributed by atoms with Crippen LogP contribution >= 0.6 is 11.3 Å². The Morgan fingerprint density at radius 3 is 2.78 bits per heavy atom. The molecule has 0 saturated carbocycles. The van der Waals surface area contributed by atoms with Crippen molar-refractivity contribution in [2.75, 3.05) is 25.6 Å². The van der Waals surface area contributed by atoms with Gasteiger partial charge in [-0.3, -0.25) is 9.59 Å². The van der Waals surface area contributed by atoms with Crippen LogP contribution in [-0.4, -0.2) is 43.6 Å². The van der Waals surface area contributed by atoms with E-state index in [-0.39, 0.29) is 23.8 Å². The zero-order chi connectivity index (χ0) is 22.6. The van der Waals surface area contributed by atoms with E-state index in [4.69, 9.17) is 9.47 Å². The molecule has 2 aliphatic heterocycles. The Kier molecular flexibility index (Phi) is 4.94. The Hall–Kier alpha value is -2.97. The third-order valence-electron chi connectivity index (χ3n) is 6.71. The number of thiazole rings is 1. The highest BCUT2D eigenvalue weighted by Gasteiger charge is 2.46. The van der Waals surface area contributed by atoms with E-state index < -0.39 is 5.60 Å². The first-order chi connectivity index (χ1) is 15.3. The van der Waals surface area contributed by atoms with Gasteiger partial charge in [-0.05, 0) is 43.2 Å². The average molecular weight is 452 g/mol. The van der Waals surface area contributed by atoms with Gasteiger partial charge in [0.25, 0.3) is 5.91 Å². The van der Waals surface area contributed by atoms with E-state index in [1.54, 1.807) is 26.0 Å². The molecule has 1 aromatic heterocycles. The molecular formula is C24H25N3O4S. The molecule has 166 valence electrons. The number of likely N-dealkylation sites (N-methyl/N-ethyl adjacent to an activating group) is 1. The number of anilines is 1. The number of nitrogens with zero attached hydrogens (tertiary/aromatic N) is 2. The summed E-state index contributed by atoms with van der Waals surface area (Å²) < 4.78 is 12.9. The van der Waals surface area contributed by atoms with Gasteiger partial charge in [-0.1, -0.05) is 12.1 Å². The molecule has 0 aliphatic carbocycles. The summed E-state index contributed by atoms with van der Waals surface area (Å²) in [5.41, 5.74) is 5.32. The van der Waals surface area contributed by atoms with Gasteiger partial charge in [0.15, 0.2) is 5.60 Å². The Balaban J connectivity index is 1.53. The van der Waals surface area contributed by atoms with Gasteiger partial charge in [0.1, 0.15) is 11.9 Å². The van der Waals surface area contributed by atoms with Crippen molar-refractivity contribution < 1.29 is 19.1 Å². The standard InChI is InChI=1S/C24H25N3O4S/c1-13(16-10-21(28)25-11-16)31-20-9-15(7-18-22(20)32-12-26-18)14-5-6-17-19(8-14)27(3)23(29)24(17,2)30-4/h5-9,12-13,16H,10-11H2,1-4H3,(H,25,28)/t13-,16-,24?/m1/s1. The summed E-state index contributed by atoms with van der Waals surface area (Å²) in [6.45, 7) is 4.44. The third kappa shape index (κ3) is 3.17. The van der Waals surface area contributed by atoms with Crippen LogP contribution < -0.4 is 15.0 Å². The van der Waals surface area contributed by atoms with Crippen LogP contribution in [0.15, 0.2) is 35.8 Å². The minimum absolute atomic E-state index is 0.0713. The van der Waals surface area contributed by atoms with Gasteiger partial charge in [-0.2, -0.15) is 0 Å². The van der Waals surface area contributed by atoms with E-state index in [1.165, 1.54) is 11.3 Å². The van der Waals surface area contributed by atoms with Gasteiger partial charge in [0.2, 0.25) is 5.91 Å². The Morgan fingerprint density at radius 1 is 1.25 bits per heavy atom. The van der Waals surface area contributed by atoms with Crippen LogP contribution in [0, 0.1) is 5.92 Å². The van der Waals surface area contributed by atoms with Crippen molar-refractivity contribution in [1.82, 2.24) is 10.3 Å². The molecule has 1 saturated heterocycles. The van der Waals surface area contributed by atoms with Crippen molar-refractivity contribution in [3.8, 4) is 16.9 Å². The number of nitrogens with one attached hydrogen (secondary N) is 1. The monoisotopic (exact) mass is 451 g/mol. The molecule has 7 nitrogen and oxygen atoms in total. The van der Waals surface area contributed by atoms with Gasteiger partial charge < -0.3 is 19.7 Å². The van der Waals surface area contributed by atoms with E-state index in [0.717, 1.165) is 38.3 Å². The minimum Gasteiger partial charge on any atom is -0.489 e. The molecule has 8 heteroatoms. The predicted molar refractivity (Wildman–Crippen MR) is 124 cm³/mol. The number of amides is 2. The lowest BCUT2D eigenvalue weighted by molar-refractivity contribution is -0.137. The van der Waals surface area contributed by atoms with Gasteiger partial charge in [0, 0.05) is 38.6 Å². The minimum atomic E-state index is -0.974. The topological polar surface area (TPSA) is 80.8 Å². The quantitative estimate of drug-likeness (QED) is 0.640. The van der Waals surface area contributed by atoms with Crippen LogP contribution in [0.1, 0.15) is 25.8 Å². The second-order valence-electron chi connectivity index (χ2n) is 8.60. The third-order valence-corrected chi connectivity index (χ3v) is 7.57. The molecule has 3 atom stereocenters. The fourth-order valence-electron chi connectivity index (χ4n) is 4.58. The van der Waals surface area contributed by atoms with E-state index in [0.29, 0.717) is 13.0 Å². The van der Waals surface area contributed by atoms with Crippen molar-refractivity contribution >= 4 is 39.1 Å². The molecule has 3 aromatic rings. The first-order valence-electron chi connectivity index (χ1n) is 10.6. The second kappa shape index (κ2) is 7.56. The summed E-state index contributed by atoms with van der Waals surface area (Å²) in [5, 5.41) is 2.88. The van der Waals surface area contributed by atoms with Gasteiger partial charge >= 0.3 is 0 Å². The van der Waals surface area contributed by atoms with Crippen LogP contribution in [0.5, 0.6) is 5.75 Å². The lowest BCUT2D eigenvalue weighted by Gasteiger charge is -2.21. The van der Waals surface area contributed by atoms with E-state index in [9.17, 15) is 9.59 Å². The summed E-state index contributed by atoms with van der Waals surface area (Å²) in [6, 6.07) is 10.0. The number of aromatic nitrogens is 1. The first kappa shape index (κ1) is 20.9. The number of hydrogen-bond donors (Lipinski definition) is 1. The summed E-state index contributed by atoms with van der Waals surface area (Å²) in [7, 11) is 3.33. The Bertz CT molecular complexity index is 1240. The molecule has 2 aromatic carbocycles. The van der Waals surface area contributed by atoms with E-state index >= 15 is 0 Å². The molecule has 5 rings (SSSR count). The molecule has 0 spiro atoms. The van der Waals surface area contributed by atoms with E-state index in [2.05, 4.69) is 10.3 Å². The zero-order valence-corrected chi connectivity index (χ0v) is 19.3. The SMILES string of the molecule is COC1(C)C(=O)N(C)c2cc(-c3cc(O[C@H](C)[C@H]4CNC(=O)C4)c4scnc4c3)ccc21. The van der Waals surface area contributed by atoms with Crippen molar-refractivity contribution in [3.05, 3.63) is 41.4 Å². The number of ether oxygens (including phenoxy) is 2. The number of benzene rings is 2. The first-order valence-corrected chi connectivity index (χ1v) is 11.5. The zero-order valence-electron chi connectivity index (χ0n) is 18.5. The molecule has 3 heterocycles. The van der Waals surface area contributed by atoms with Crippen LogP contribution in [0.2, 0.25) is 0 Å². The highest BCUT2D eigenvalue weighted by atomic mass is 32.1. The van der Waals surface area contributed by atoms with Crippen molar-refractivity contribution in [1.29, 1.82) is 0 Å². The molecule has 2 amide bonds. The summed E-state index contributed by atoms with van der Waals surface area (Å²) in [4.78, 5) is 30.5. The van der Waals surface area contributed by atoms with Gasteiger partial charge in [-0.25, -0.2) is 4.98 Å². The van der Waals surface area contributed by atoms with Crippen LogP contribution in [0.3, 0.4) is 0 Å². The molecule has 0 radical (unpaired) electrons. The van der Waals surface area contributed by atoms with Crippen LogP contribution in [0.25, 0.3) is 21.3 Å². The number of rotatable bonds is 5. The van der Waals surface area contributed by atoms with E-state index in [1.807, 2.05) is 42.8 Å². The fourth-order valence-corrected chi connectivity index (χ4v) is 5.31. The molecular weight excluding hydrogens is 426 g/mol. The van der Waals surface area contributed by atoms with Crippen LogP contribution in [0.4, 0.5) is 5.69 Å². The van der Waals surface area contributed by atoms with Gasteiger partial charge in [-0.15, -0.1) is 11.3 Å². The molecule has 0 bridgehead atoms. The Morgan fingerprint density at radius 2 is 2.06 bits per heavy atom. The molecule has 32 heavy (non-hydrogen) atoms. The Labute approximate surface area is 190 Å². The molecule has 1 N–H and O–H groups in total. The van der Waals surface area contributed by atoms with Crippen LogP contribution in [-0.2, 0) is 19.9 Å². The maximum atomic E-state index is 12.8. The number of fused-ring (bicyclic) bond motifs is 2. The number of hydrogen-bond acceptors (Lipinski definition) is 6. The molecule has 2 aliphatic rings. The van der Waals surface area contributed by atoms with Crippen molar-refractivity contribution in [3.63, 3.8) is 0 Å². The fraction of sp³-hybridized carbons (Fsp3) is 0.375. The average Bonchev–Trinajstić information content (AvgIpc) is 3.49. The predicted octanol–water partition coefficient (Wildman–Crippen LogP) is 3.70. The highest BCUT2D eigenvalue weighted by Crippen LogP contribution is 2.44. The normalized spacial score (nSPS) is 23.5.